The molecule has 5 rings (SSSR count). The van der Waals surface area contributed by atoms with Crippen LogP contribution in [-0.2, 0) is 19.4 Å². The number of fused-ring (bicyclic) bond motifs is 1. The van der Waals surface area contributed by atoms with Crippen molar-refractivity contribution in [2.24, 2.45) is 5.73 Å². The molecule has 4 aromatic rings. The van der Waals surface area contributed by atoms with E-state index in [9.17, 15) is 14.7 Å². The summed E-state index contributed by atoms with van der Waals surface area (Å²) in [5, 5.41) is 20.7. The topological polar surface area (TPSA) is 120 Å². The smallest absolute Gasteiger partial charge is 0.336 e. The van der Waals surface area contributed by atoms with Crippen LogP contribution in [0, 0.1) is 5.41 Å². The van der Waals surface area contributed by atoms with Gasteiger partial charge >= 0.3 is 5.97 Å². The summed E-state index contributed by atoms with van der Waals surface area (Å²) >= 11 is 0. The van der Waals surface area contributed by atoms with E-state index in [0.717, 1.165) is 48.2 Å². The molecule has 0 unspecified atom stereocenters. The minimum Gasteiger partial charge on any atom is -0.478 e. The molecule has 0 saturated carbocycles. The minimum atomic E-state index is -1.01. The van der Waals surface area contributed by atoms with Crippen LogP contribution in [0.15, 0.2) is 91.0 Å². The first-order valence-corrected chi connectivity index (χ1v) is 13.4. The van der Waals surface area contributed by atoms with E-state index < -0.39 is 5.97 Å². The van der Waals surface area contributed by atoms with Crippen molar-refractivity contribution < 1.29 is 14.7 Å². The number of anilines is 1. The number of aryl methyl sites for hydroxylation is 1. The number of amides is 1. The molecule has 4 aromatic carbocycles. The summed E-state index contributed by atoms with van der Waals surface area (Å²) in [4.78, 5) is 27.4. The SMILES string of the molecule is N=C(N)c1ccc2c(c1)CCN2Cc1ccc(C(=O)NCCCc2ccccc2)cc1-c1ccccc1C(=O)O. The molecule has 0 bridgehead atoms. The maximum atomic E-state index is 13.1. The van der Waals surface area contributed by atoms with E-state index in [0.29, 0.717) is 29.8 Å². The average Bonchev–Trinajstić information content (AvgIpc) is 3.37. The number of hydrogen-bond donors (Lipinski definition) is 4. The average molecular weight is 533 g/mol. The van der Waals surface area contributed by atoms with Crippen LogP contribution >= 0.6 is 0 Å². The summed E-state index contributed by atoms with van der Waals surface area (Å²) < 4.78 is 0. The summed E-state index contributed by atoms with van der Waals surface area (Å²) in [5.41, 5.74) is 12.7. The van der Waals surface area contributed by atoms with Crippen molar-refractivity contribution >= 4 is 23.4 Å². The fourth-order valence-electron chi connectivity index (χ4n) is 5.26. The highest BCUT2D eigenvalue weighted by atomic mass is 16.4. The fourth-order valence-corrected chi connectivity index (χ4v) is 5.26. The second kappa shape index (κ2) is 11.9. The Morgan fingerprint density at radius 2 is 1.65 bits per heavy atom. The van der Waals surface area contributed by atoms with Crippen molar-refractivity contribution in [3.63, 3.8) is 0 Å². The summed E-state index contributed by atoms with van der Waals surface area (Å²) in [7, 11) is 0. The normalized spacial score (nSPS) is 12.2. The maximum absolute atomic E-state index is 13.1. The van der Waals surface area contributed by atoms with Crippen molar-refractivity contribution in [2.75, 3.05) is 18.0 Å². The van der Waals surface area contributed by atoms with E-state index in [1.807, 2.05) is 54.6 Å². The Balaban J connectivity index is 1.40. The quantitative estimate of drug-likeness (QED) is 0.126. The van der Waals surface area contributed by atoms with Gasteiger partial charge in [-0.15, -0.1) is 0 Å². The highest BCUT2D eigenvalue weighted by molar-refractivity contribution is 5.99. The van der Waals surface area contributed by atoms with E-state index in [4.69, 9.17) is 11.1 Å². The maximum Gasteiger partial charge on any atom is 0.336 e. The number of hydrogen-bond acceptors (Lipinski definition) is 4. The first-order chi connectivity index (χ1) is 19.4. The third-order valence-electron chi connectivity index (χ3n) is 7.33. The standard InChI is InChI=1S/C33H32N4O3/c34-31(35)24-14-15-30-23(19-24)16-18-37(30)21-26-13-12-25(20-29(26)27-10-4-5-11-28(27)33(39)40)32(38)36-17-6-9-22-7-2-1-3-8-22/h1-5,7-8,10-15,19-20H,6,9,16-18,21H2,(H3,34,35)(H,36,38)(H,39,40). The fraction of sp³-hybridized carbons (Fsp3) is 0.182. The molecule has 7 heteroatoms. The Kier molecular flexibility index (Phi) is 7.92. The lowest BCUT2D eigenvalue weighted by Gasteiger charge is -2.22. The largest absolute Gasteiger partial charge is 0.478 e. The summed E-state index contributed by atoms with van der Waals surface area (Å²) in [5.74, 6) is -1.15. The van der Waals surface area contributed by atoms with E-state index in [1.54, 1.807) is 24.3 Å². The number of nitrogens with two attached hydrogens (primary N) is 1. The molecule has 0 spiro atoms. The molecular formula is C33H32N4O3. The number of rotatable bonds is 10. The molecule has 0 aromatic heterocycles. The van der Waals surface area contributed by atoms with Crippen LogP contribution in [0.25, 0.3) is 11.1 Å². The van der Waals surface area contributed by atoms with Gasteiger partial charge in [-0.3, -0.25) is 10.2 Å². The molecule has 0 aliphatic carbocycles. The molecule has 5 N–H and O–H groups in total. The number of carboxylic acids is 1. The highest BCUT2D eigenvalue weighted by Gasteiger charge is 2.23. The number of amidine groups is 1. The molecule has 1 aliphatic heterocycles. The monoisotopic (exact) mass is 532 g/mol. The molecule has 0 saturated heterocycles. The van der Waals surface area contributed by atoms with Crippen LogP contribution in [0.3, 0.4) is 0 Å². The van der Waals surface area contributed by atoms with Crippen LogP contribution in [0.2, 0.25) is 0 Å². The summed E-state index contributed by atoms with van der Waals surface area (Å²) in [6.07, 6.45) is 2.53. The minimum absolute atomic E-state index is 0.0442. The zero-order valence-electron chi connectivity index (χ0n) is 22.2. The third kappa shape index (κ3) is 5.89. The molecule has 202 valence electrons. The van der Waals surface area contributed by atoms with Crippen LogP contribution in [-0.4, -0.2) is 35.9 Å². The van der Waals surface area contributed by atoms with Gasteiger partial charge in [-0.1, -0.05) is 54.6 Å². The number of benzene rings is 4. The summed E-state index contributed by atoms with van der Waals surface area (Å²) in [6, 6.07) is 28.4. The lowest BCUT2D eigenvalue weighted by molar-refractivity contribution is 0.0697. The number of aromatic carboxylic acids is 1. The van der Waals surface area contributed by atoms with Crippen molar-refractivity contribution in [1.29, 1.82) is 5.41 Å². The third-order valence-corrected chi connectivity index (χ3v) is 7.33. The Morgan fingerprint density at radius 3 is 2.42 bits per heavy atom. The van der Waals surface area contributed by atoms with Gasteiger partial charge in [0, 0.05) is 36.4 Å². The van der Waals surface area contributed by atoms with Gasteiger partial charge in [0.25, 0.3) is 5.91 Å². The molecular weight excluding hydrogens is 500 g/mol. The lowest BCUT2D eigenvalue weighted by atomic mass is 9.93. The van der Waals surface area contributed by atoms with Crippen LogP contribution in [0.4, 0.5) is 5.69 Å². The zero-order valence-corrected chi connectivity index (χ0v) is 22.2. The molecule has 1 heterocycles. The molecule has 7 nitrogen and oxygen atoms in total. The number of nitrogen functional groups attached to an aromatic ring is 1. The van der Waals surface area contributed by atoms with Gasteiger partial charge < -0.3 is 21.1 Å². The van der Waals surface area contributed by atoms with Crippen LogP contribution in [0.5, 0.6) is 0 Å². The van der Waals surface area contributed by atoms with Gasteiger partial charge in [-0.05, 0) is 83.5 Å². The first-order valence-electron chi connectivity index (χ1n) is 13.4. The first kappa shape index (κ1) is 26.7. The van der Waals surface area contributed by atoms with Gasteiger partial charge in [0.15, 0.2) is 0 Å². The zero-order chi connectivity index (χ0) is 28.1. The van der Waals surface area contributed by atoms with Crippen molar-refractivity contribution in [2.45, 2.75) is 25.8 Å². The highest BCUT2D eigenvalue weighted by Crippen LogP contribution is 2.34. The van der Waals surface area contributed by atoms with Gasteiger partial charge in [-0.2, -0.15) is 0 Å². The van der Waals surface area contributed by atoms with E-state index >= 15 is 0 Å². The predicted octanol–water partition coefficient (Wildman–Crippen LogP) is 5.26. The molecule has 40 heavy (non-hydrogen) atoms. The molecule has 0 atom stereocenters. The Labute approximate surface area is 233 Å². The number of carbonyl (C=O) groups is 2. The van der Waals surface area contributed by atoms with Crippen molar-refractivity contribution in [1.82, 2.24) is 5.32 Å². The van der Waals surface area contributed by atoms with E-state index in [-0.39, 0.29) is 17.3 Å². The molecule has 0 radical (unpaired) electrons. The Morgan fingerprint density at radius 1 is 0.900 bits per heavy atom. The lowest BCUT2D eigenvalue weighted by Crippen LogP contribution is -2.25. The van der Waals surface area contributed by atoms with Gasteiger partial charge in [0.05, 0.1) is 5.56 Å². The van der Waals surface area contributed by atoms with Crippen molar-refractivity contribution in [3.05, 3.63) is 124 Å². The molecule has 0 fully saturated rings. The van der Waals surface area contributed by atoms with Crippen LogP contribution in [0.1, 0.15) is 49.4 Å². The number of carboxylic acid groups (broad SMARTS) is 1. The summed E-state index contributed by atoms with van der Waals surface area (Å²) in [6.45, 7) is 1.89. The number of nitrogens with zero attached hydrogens (tertiary/aromatic N) is 1. The van der Waals surface area contributed by atoms with Crippen LogP contribution < -0.4 is 16.0 Å². The number of nitrogens with one attached hydrogen (secondary N) is 2. The van der Waals surface area contributed by atoms with E-state index in [1.165, 1.54) is 5.56 Å². The number of carbonyl (C=O) groups excluding carboxylic acids is 1. The second-order valence-corrected chi connectivity index (χ2v) is 10.00. The van der Waals surface area contributed by atoms with Gasteiger partial charge in [0.1, 0.15) is 5.84 Å². The predicted molar refractivity (Wildman–Crippen MR) is 158 cm³/mol. The van der Waals surface area contributed by atoms with E-state index in [2.05, 4.69) is 22.3 Å². The van der Waals surface area contributed by atoms with Crippen molar-refractivity contribution in [3.8, 4) is 11.1 Å². The molecule has 1 amide bonds. The van der Waals surface area contributed by atoms with Gasteiger partial charge in [0.2, 0.25) is 0 Å². The Bertz CT molecular complexity index is 1570. The Hall–Kier alpha value is -4.91. The second-order valence-electron chi connectivity index (χ2n) is 10.00. The molecule has 1 aliphatic rings. The van der Waals surface area contributed by atoms with Gasteiger partial charge in [-0.25, -0.2) is 4.79 Å².